The fourth-order valence-electron chi connectivity index (χ4n) is 2.76. The van der Waals surface area contributed by atoms with E-state index in [9.17, 15) is 27.6 Å². The number of rotatable bonds is 6. The molecule has 0 spiro atoms. The number of hydrogen-bond donors (Lipinski definition) is 1. The van der Waals surface area contributed by atoms with Gasteiger partial charge in [-0.15, -0.1) is 0 Å². The third-order valence-electron chi connectivity index (χ3n) is 4.11. The van der Waals surface area contributed by atoms with E-state index in [2.05, 4.69) is 16.6 Å². The largest absolute Gasteiger partial charge is 0.460 e. The van der Waals surface area contributed by atoms with E-state index < -0.39 is 48.7 Å². The van der Waals surface area contributed by atoms with Crippen LogP contribution in [0, 0.1) is 5.92 Å². The molecule has 1 aliphatic heterocycles. The number of esters is 2. The Morgan fingerprint density at radius 2 is 2.04 bits per heavy atom. The van der Waals surface area contributed by atoms with Gasteiger partial charge in [-0.3, -0.25) is 4.79 Å². The average molecular weight is 381 g/mol. The van der Waals surface area contributed by atoms with Gasteiger partial charge < -0.3 is 24.3 Å². The molecule has 8 nitrogen and oxygen atoms in total. The van der Waals surface area contributed by atoms with Crippen molar-refractivity contribution in [3.63, 3.8) is 0 Å². The highest BCUT2D eigenvalue weighted by atomic mass is 19.4. The van der Waals surface area contributed by atoms with E-state index in [4.69, 9.17) is 14.2 Å². The van der Waals surface area contributed by atoms with Crippen molar-refractivity contribution in [3.05, 3.63) is 12.2 Å². The van der Waals surface area contributed by atoms with Crippen molar-refractivity contribution in [2.45, 2.75) is 37.3 Å². The molecule has 1 saturated heterocycles. The minimum absolute atomic E-state index is 0.271. The van der Waals surface area contributed by atoms with Gasteiger partial charge in [0, 0.05) is 13.5 Å². The molecule has 2 rings (SSSR count). The SMILES string of the molecule is C=C(C(=O)OCCNC(=O)OC1C(OC)CC2CC1OC2=O)C(F)(F)F. The van der Waals surface area contributed by atoms with Gasteiger partial charge in [0.1, 0.15) is 18.3 Å². The third-order valence-corrected chi connectivity index (χ3v) is 4.11. The van der Waals surface area contributed by atoms with Crippen LogP contribution in [0.4, 0.5) is 18.0 Å². The van der Waals surface area contributed by atoms with Crippen LogP contribution in [0.15, 0.2) is 12.2 Å². The minimum atomic E-state index is -4.88. The number of carbonyl (C=O) groups excluding carboxylic acids is 3. The lowest BCUT2D eigenvalue weighted by atomic mass is 9.86. The van der Waals surface area contributed by atoms with Gasteiger partial charge in [0.15, 0.2) is 6.10 Å². The lowest BCUT2D eigenvalue weighted by Gasteiger charge is -2.32. The van der Waals surface area contributed by atoms with Crippen LogP contribution in [-0.4, -0.2) is 62.8 Å². The number of ether oxygens (including phenoxy) is 4. The quantitative estimate of drug-likeness (QED) is 0.318. The monoisotopic (exact) mass is 381 g/mol. The van der Waals surface area contributed by atoms with E-state index in [1.54, 1.807) is 0 Å². The Hall–Kier alpha value is -2.30. The summed E-state index contributed by atoms with van der Waals surface area (Å²) >= 11 is 0. The number of fused-ring (bicyclic) bond motifs is 2. The highest BCUT2D eigenvalue weighted by Crippen LogP contribution is 2.37. The topological polar surface area (TPSA) is 100 Å². The summed E-state index contributed by atoms with van der Waals surface area (Å²) in [5.41, 5.74) is -1.64. The fourth-order valence-corrected chi connectivity index (χ4v) is 2.76. The first kappa shape index (κ1) is 20.0. The molecule has 1 heterocycles. The molecule has 1 saturated carbocycles. The molecule has 0 aromatic rings. The molecule has 0 radical (unpaired) electrons. The van der Waals surface area contributed by atoms with E-state index in [0.717, 1.165) is 0 Å². The van der Waals surface area contributed by atoms with Crippen molar-refractivity contribution < 1.29 is 46.5 Å². The van der Waals surface area contributed by atoms with Crippen LogP contribution in [0.2, 0.25) is 0 Å². The van der Waals surface area contributed by atoms with E-state index >= 15 is 0 Å². The first-order valence-electron chi connectivity index (χ1n) is 7.74. The molecule has 26 heavy (non-hydrogen) atoms. The highest BCUT2D eigenvalue weighted by Gasteiger charge is 2.50. The third kappa shape index (κ3) is 4.65. The van der Waals surface area contributed by atoms with Gasteiger partial charge in [-0.1, -0.05) is 6.58 Å². The van der Waals surface area contributed by atoms with E-state index in [1.165, 1.54) is 7.11 Å². The predicted octanol–water partition coefficient (Wildman–Crippen LogP) is 1.09. The predicted molar refractivity (Wildman–Crippen MR) is 77.8 cm³/mol. The maximum atomic E-state index is 12.2. The highest BCUT2D eigenvalue weighted by molar-refractivity contribution is 5.89. The summed E-state index contributed by atoms with van der Waals surface area (Å²) in [7, 11) is 1.42. The number of carbonyl (C=O) groups is 3. The maximum Gasteiger partial charge on any atom is 0.422 e. The normalized spacial score (nSPS) is 27.5. The average Bonchev–Trinajstić information content (AvgIpc) is 2.88. The van der Waals surface area contributed by atoms with E-state index in [0.29, 0.717) is 12.8 Å². The molecule has 146 valence electrons. The molecule has 2 aliphatic rings. The van der Waals surface area contributed by atoms with Gasteiger partial charge in [-0.25, -0.2) is 9.59 Å². The Morgan fingerprint density at radius 1 is 1.35 bits per heavy atom. The van der Waals surface area contributed by atoms with Crippen molar-refractivity contribution in [1.82, 2.24) is 5.32 Å². The van der Waals surface area contributed by atoms with Crippen LogP contribution in [0.1, 0.15) is 12.8 Å². The zero-order valence-corrected chi connectivity index (χ0v) is 13.8. The second-order valence-corrected chi connectivity index (χ2v) is 5.83. The van der Waals surface area contributed by atoms with Crippen LogP contribution >= 0.6 is 0 Å². The number of nitrogens with one attached hydrogen (secondary N) is 1. The van der Waals surface area contributed by atoms with Crippen LogP contribution in [0.5, 0.6) is 0 Å². The molecule has 1 aliphatic carbocycles. The summed E-state index contributed by atoms with van der Waals surface area (Å²) in [5.74, 6) is -2.27. The summed E-state index contributed by atoms with van der Waals surface area (Å²) in [5, 5.41) is 2.23. The summed E-state index contributed by atoms with van der Waals surface area (Å²) in [4.78, 5) is 34.5. The van der Waals surface area contributed by atoms with Crippen molar-refractivity contribution in [3.8, 4) is 0 Å². The Kier molecular flexibility index (Phi) is 6.11. The molecule has 2 fully saturated rings. The van der Waals surface area contributed by atoms with Gasteiger partial charge in [0.2, 0.25) is 0 Å². The minimum Gasteiger partial charge on any atom is -0.460 e. The molecule has 1 N–H and O–H groups in total. The molecule has 4 unspecified atom stereocenters. The van der Waals surface area contributed by atoms with Crippen molar-refractivity contribution in [1.29, 1.82) is 0 Å². The second-order valence-electron chi connectivity index (χ2n) is 5.83. The molecule has 1 amide bonds. The van der Waals surface area contributed by atoms with Gasteiger partial charge >= 0.3 is 24.2 Å². The number of hydrogen-bond acceptors (Lipinski definition) is 7. The summed E-state index contributed by atoms with van der Waals surface area (Å²) in [6, 6.07) is 0. The molecule has 2 bridgehead atoms. The molecule has 4 atom stereocenters. The number of amides is 1. The standard InChI is InChI=1S/C15H18F3NO7/c1-7(15(16,17)18)12(20)24-4-3-19-14(22)26-11-9(23-2)5-8-6-10(11)25-13(8)21/h8-11H,1,3-6H2,2H3,(H,19,22). The summed E-state index contributed by atoms with van der Waals surface area (Å²) in [6.45, 7) is 1.83. The first-order chi connectivity index (χ1) is 12.1. The van der Waals surface area contributed by atoms with Gasteiger partial charge in [-0.2, -0.15) is 13.2 Å². The fraction of sp³-hybridized carbons (Fsp3) is 0.667. The Labute approximate surface area is 146 Å². The number of halogens is 3. The van der Waals surface area contributed by atoms with E-state index in [-0.39, 0.29) is 18.4 Å². The zero-order valence-electron chi connectivity index (χ0n) is 13.8. The zero-order chi connectivity index (χ0) is 19.5. The molecule has 0 aromatic carbocycles. The summed E-state index contributed by atoms with van der Waals surface area (Å²) in [6.07, 6.45) is -6.90. The first-order valence-corrected chi connectivity index (χ1v) is 7.74. The summed E-state index contributed by atoms with van der Waals surface area (Å²) < 4.78 is 56.6. The Balaban J connectivity index is 1.74. The van der Waals surface area contributed by atoms with Crippen LogP contribution in [0.25, 0.3) is 0 Å². The smallest absolute Gasteiger partial charge is 0.422 e. The van der Waals surface area contributed by atoms with Gasteiger partial charge in [0.05, 0.1) is 18.6 Å². The number of alkyl halides is 3. The van der Waals surface area contributed by atoms with Crippen molar-refractivity contribution in [2.75, 3.05) is 20.3 Å². The molecule has 0 aromatic heterocycles. The number of methoxy groups -OCH3 is 1. The second kappa shape index (κ2) is 7.94. The van der Waals surface area contributed by atoms with Crippen molar-refractivity contribution >= 4 is 18.0 Å². The Morgan fingerprint density at radius 3 is 2.65 bits per heavy atom. The van der Waals surface area contributed by atoms with Gasteiger partial charge in [-0.05, 0) is 6.42 Å². The molecular formula is C15H18F3NO7. The molecule has 11 heteroatoms. The molecular weight excluding hydrogens is 363 g/mol. The lowest BCUT2D eigenvalue weighted by molar-refractivity contribution is -0.150. The Bertz CT molecular complexity index is 592. The lowest BCUT2D eigenvalue weighted by Crippen LogP contribution is -2.47. The van der Waals surface area contributed by atoms with E-state index in [1.807, 2.05) is 0 Å². The van der Waals surface area contributed by atoms with Crippen LogP contribution in [-0.2, 0) is 28.5 Å². The maximum absolute atomic E-state index is 12.2. The van der Waals surface area contributed by atoms with Crippen molar-refractivity contribution in [2.24, 2.45) is 5.92 Å². The number of alkyl carbamates (subject to hydrolysis) is 1. The van der Waals surface area contributed by atoms with Crippen LogP contribution < -0.4 is 5.32 Å². The van der Waals surface area contributed by atoms with Crippen LogP contribution in [0.3, 0.4) is 0 Å². The van der Waals surface area contributed by atoms with Gasteiger partial charge in [0.25, 0.3) is 0 Å².